The third-order valence-electron chi connectivity index (χ3n) is 1.87. The normalized spacial score (nSPS) is 10.7. The van der Waals surface area contributed by atoms with Crippen LogP contribution >= 0.6 is 22.6 Å². The van der Waals surface area contributed by atoms with Crippen molar-refractivity contribution in [2.75, 3.05) is 20.8 Å². The van der Waals surface area contributed by atoms with Gasteiger partial charge in [0.15, 0.2) is 11.5 Å². The standard InChI is InChI=1S/C11H13IO3/c1-14-10-7-8(4-3-5-13)6-9(12)11(10)15-2/h3-4,6-7,13H,5H2,1-2H3. The van der Waals surface area contributed by atoms with Crippen LogP contribution in [0.4, 0.5) is 0 Å². The highest BCUT2D eigenvalue weighted by atomic mass is 127. The number of benzene rings is 1. The van der Waals surface area contributed by atoms with E-state index >= 15 is 0 Å². The summed E-state index contributed by atoms with van der Waals surface area (Å²) in [4.78, 5) is 0. The largest absolute Gasteiger partial charge is 0.493 e. The predicted octanol–water partition coefficient (Wildman–Crippen LogP) is 2.31. The molecule has 0 saturated heterocycles. The third-order valence-corrected chi connectivity index (χ3v) is 2.67. The molecule has 1 aromatic rings. The van der Waals surface area contributed by atoms with E-state index in [-0.39, 0.29) is 6.61 Å². The Labute approximate surface area is 103 Å². The second kappa shape index (κ2) is 5.97. The molecule has 0 aliphatic rings. The summed E-state index contributed by atoms with van der Waals surface area (Å²) in [7, 11) is 3.22. The maximum Gasteiger partial charge on any atom is 0.174 e. The molecule has 1 rings (SSSR count). The second-order valence-electron chi connectivity index (χ2n) is 2.82. The molecular formula is C11H13IO3. The summed E-state index contributed by atoms with van der Waals surface area (Å²) < 4.78 is 11.4. The quantitative estimate of drug-likeness (QED) is 0.866. The molecule has 0 spiro atoms. The van der Waals surface area contributed by atoms with Crippen molar-refractivity contribution in [1.29, 1.82) is 0 Å². The van der Waals surface area contributed by atoms with Crippen molar-refractivity contribution in [3.63, 3.8) is 0 Å². The Bertz CT molecular complexity index is 361. The van der Waals surface area contributed by atoms with E-state index in [1.807, 2.05) is 18.2 Å². The lowest BCUT2D eigenvalue weighted by atomic mass is 10.2. The van der Waals surface area contributed by atoms with E-state index in [4.69, 9.17) is 14.6 Å². The van der Waals surface area contributed by atoms with Crippen molar-refractivity contribution in [1.82, 2.24) is 0 Å². The number of halogens is 1. The van der Waals surface area contributed by atoms with E-state index in [1.54, 1.807) is 20.3 Å². The number of hydrogen-bond acceptors (Lipinski definition) is 3. The Morgan fingerprint density at radius 3 is 2.60 bits per heavy atom. The molecule has 0 aliphatic carbocycles. The Kier molecular flexibility index (Phi) is 4.90. The van der Waals surface area contributed by atoms with Gasteiger partial charge in [0.05, 0.1) is 24.4 Å². The van der Waals surface area contributed by atoms with Crippen LogP contribution in [-0.4, -0.2) is 25.9 Å². The zero-order valence-electron chi connectivity index (χ0n) is 8.66. The molecule has 1 N–H and O–H groups in total. The Hall–Kier alpha value is -0.750. The minimum Gasteiger partial charge on any atom is -0.493 e. The first-order valence-corrected chi connectivity index (χ1v) is 5.49. The lowest BCUT2D eigenvalue weighted by Gasteiger charge is -2.10. The molecule has 0 unspecified atom stereocenters. The molecule has 3 nitrogen and oxygen atoms in total. The van der Waals surface area contributed by atoms with Gasteiger partial charge in [-0.25, -0.2) is 0 Å². The molecule has 0 amide bonds. The molecule has 0 heterocycles. The molecular weight excluding hydrogens is 307 g/mol. The molecule has 82 valence electrons. The highest BCUT2D eigenvalue weighted by molar-refractivity contribution is 14.1. The molecule has 0 aromatic heterocycles. The lowest BCUT2D eigenvalue weighted by molar-refractivity contribution is 0.343. The highest BCUT2D eigenvalue weighted by Crippen LogP contribution is 2.33. The van der Waals surface area contributed by atoms with Crippen LogP contribution in [-0.2, 0) is 0 Å². The summed E-state index contributed by atoms with van der Waals surface area (Å²) in [6.45, 7) is 0.0327. The molecule has 0 saturated carbocycles. The molecule has 0 aliphatic heterocycles. The average molecular weight is 320 g/mol. The van der Waals surface area contributed by atoms with Crippen molar-refractivity contribution in [2.24, 2.45) is 0 Å². The van der Waals surface area contributed by atoms with Gasteiger partial charge in [0.25, 0.3) is 0 Å². The fraction of sp³-hybridized carbons (Fsp3) is 0.273. The number of aliphatic hydroxyl groups is 1. The van der Waals surface area contributed by atoms with Crippen LogP contribution < -0.4 is 9.47 Å². The number of rotatable bonds is 4. The minimum absolute atomic E-state index is 0.0327. The van der Waals surface area contributed by atoms with E-state index < -0.39 is 0 Å². The van der Waals surface area contributed by atoms with Crippen molar-refractivity contribution >= 4 is 28.7 Å². The fourth-order valence-corrected chi connectivity index (χ4v) is 2.07. The van der Waals surface area contributed by atoms with Gasteiger partial charge in [-0.3, -0.25) is 0 Å². The van der Waals surface area contributed by atoms with Gasteiger partial charge in [0.2, 0.25) is 0 Å². The van der Waals surface area contributed by atoms with Gasteiger partial charge in [-0.1, -0.05) is 12.2 Å². The predicted molar refractivity (Wildman–Crippen MR) is 68.4 cm³/mol. The maximum atomic E-state index is 8.68. The summed E-state index contributed by atoms with van der Waals surface area (Å²) in [6, 6.07) is 3.83. The lowest BCUT2D eigenvalue weighted by Crippen LogP contribution is -1.93. The van der Waals surface area contributed by atoms with Gasteiger partial charge in [0, 0.05) is 0 Å². The third kappa shape index (κ3) is 3.10. The summed E-state index contributed by atoms with van der Waals surface area (Å²) >= 11 is 2.19. The van der Waals surface area contributed by atoms with E-state index in [1.165, 1.54) is 0 Å². The van der Waals surface area contributed by atoms with Crippen LogP contribution in [0, 0.1) is 3.57 Å². The maximum absolute atomic E-state index is 8.68. The first-order chi connectivity index (χ1) is 7.22. The number of methoxy groups -OCH3 is 2. The average Bonchev–Trinajstić information content (AvgIpc) is 2.25. The van der Waals surface area contributed by atoms with Crippen LogP contribution in [0.15, 0.2) is 18.2 Å². The van der Waals surface area contributed by atoms with E-state index in [0.29, 0.717) is 5.75 Å². The van der Waals surface area contributed by atoms with Gasteiger partial charge < -0.3 is 14.6 Å². The zero-order chi connectivity index (χ0) is 11.3. The smallest absolute Gasteiger partial charge is 0.174 e. The van der Waals surface area contributed by atoms with Crippen molar-refractivity contribution in [3.05, 3.63) is 27.3 Å². The second-order valence-corrected chi connectivity index (χ2v) is 3.99. The van der Waals surface area contributed by atoms with Crippen LogP contribution in [0.5, 0.6) is 11.5 Å². The number of aliphatic hydroxyl groups excluding tert-OH is 1. The van der Waals surface area contributed by atoms with E-state index in [9.17, 15) is 0 Å². The number of hydrogen-bond donors (Lipinski definition) is 1. The number of ether oxygens (including phenoxy) is 2. The molecule has 0 atom stereocenters. The van der Waals surface area contributed by atoms with E-state index in [2.05, 4.69) is 22.6 Å². The molecule has 0 radical (unpaired) electrons. The van der Waals surface area contributed by atoms with Gasteiger partial charge in [-0.15, -0.1) is 0 Å². The van der Waals surface area contributed by atoms with Crippen LogP contribution in [0.3, 0.4) is 0 Å². The highest BCUT2D eigenvalue weighted by Gasteiger charge is 2.08. The molecule has 4 heteroatoms. The zero-order valence-corrected chi connectivity index (χ0v) is 10.8. The fourth-order valence-electron chi connectivity index (χ4n) is 1.22. The first-order valence-electron chi connectivity index (χ1n) is 4.41. The monoisotopic (exact) mass is 320 g/mol. The Balaban J connectivity index is 3.13. The van der Waals surface area contributed by atoms with Crippen molar-refractivity contribution < 1.29 is 14.6 Å². The topological polar surface area (TPSA) is 38.7 Å². The van der Waals surface area contributed by atoms with Crippen molar-refractivity contribution in [2.45, 2.75) is 0 Å². The summed E-state index contributed by atoms with van der Waals surface area (Å²) in [5, 5.41) is 8.68. The summed E-state index contributed by atoms with van der Waals surface area (Å²) in [6.07, 6.45) is 3.52. The van der Waals surface area contributed by atoms with Crippen LogP contribution in [0.2, 0.25) is 0 Å². The van der Waals surface area contributed by atoms with Crippen molar-refractivity contribution in [3.8, 4) is 11.5 Å². The summed E-state index contributed by atoms with van der Waals surface area (Å²) in [5.74, 6) is 1.43. The van der Waals surface area contributed by atoms with Gasteiger partial charge in [0.1, 0.15) is 0 Å². The van der Waals surface area contributed by atoms with Gasteiger partial charge in [-0.05, 0) is 40.3 Å². The van der Waals surface area contributed by atoms with Gasteiger partial charge >= 0.3 is 0 Å². The van der Waals surface area contributed by atoms with E-state index in [0.717, 1.165) is 14.9 Å². The Morgan fingerprint density at radius 2 is 2.07 bits per heavy atom. The SMILES string of the molecule is COc1cc(C=CCO)cc(I)c1OC. The molecule has 1 aromatic carbocycles. The molecule has 0 bridgehead atoms. The minimum atomic E-state index is 0.0327. The first kappa shape index (κ1) is 12.3. The van der Waals surface area contributed by atoms with Crippen LogP contribution in [0.1, 0.15) is 5.56 Å². The molecule has 15 heavy (non-hydrogen) atoms. The molecule has 0 fully saturated rings. The van der Waals surface area contributed by atoms with Crippen LogP contribution in [0.25, 0.3) is 6.08 Å². The Morgan fingerprint density at radius 1 is 1.33 bits per heavy atom. The van der Waals surface area contributed by atoms with Gasteiger partial charge in [-0.2, -0.15) is 0 Å². The summed E-state index contributed by atoms with van der Waals surface area (Å²) in [5.41, 5.74) is 0.978.